The Labute approximate surface area is 126 Å². The standard InChI is InChI=1S/C16H25FN4/c1-20-7-5-15(6-8-20)21(2)16-12(9-13(17)11-19-16)10-18-14-3-4-14/h9,11,14-15,18H,3-8,10H2,1-2H3. The van der Waals surface area contributed by atoms with Crippen molar-refractivity contribution < 1.29 is 4.39 Å². The van der Waals surface area contributed by atoms with Crippen molar-refractivity contribution >= 4 is 5.82 Å². The van der Waals surface area contributed by atoms with Crippen molar-refractivity contribution in [3.8, 4) is 0 Å². The minimum Gasteiger partial charge on any atom is -0.356 e. The highest BCUT2D eigenvalue weighted by molar-refractivity contribution is 5.47. The third kappa shape index (κ3) is 3.71. The highest BCUT2D eigenvalue weighted by atomic mass is 19.1. The minimum atomic E-state index is -0.247. The second kappa shape index (κ2) is 6.28. The van der Waals surface area contributed by atoms with Crippen LogP contribution in [0.1, 0.15) is 31.2 Å². The Bertz CT molecular complexity index is 481. The van der Waals surface area contributed by atoms with E-state index in [1.54, 1.807) is 6.07 Å². The third-order valence-corrected chi connectivity index (χ3v) is 4.64. The van der Waals surface area contributed by atoms with Crippen LogP contribution in [0, 0.1) is 5.82 Å². The van der Waals surface area contributed by atoms with Crippen molar-refractivity contribution in [2.24, 2.45) is 0 Å². The predicted octanol–water partition coefficient (Wildman–Crippen LogP) is 2.00. The first-order valence-corrected chi connectivity index (χ1v) is 7.92. The van der Waals surface area contributed by atoms with Crippen molar-refractivity contribution in [3.63, 3.8) is 0 Å². The van der Waals surface area contributed by atoms with Crippen LogP contribution in [0.4, 0.5) is 10.2 Å². The van der Waals surface area contributed by atoms with E-state index >= 15 is 0 Å². The van der Waals surface area contributed by atoms with E-state index in [4.69, 9.17) is 0 Å². The van der Waals surface area contributed by atoms with Crippen LogP contribution < -0.4 is 10.2 Å². The number of piperidine rings is 1. The molecule has 0 amide bonds. The molecule has 2 fully saturated rings. The fraction of sp³-hybridized carbons (Fsp3) is 0.688. The number of pyridine rings is 1. The molecule has 0 radical (unpaired) electrons. The molecule has 0 unspecified atom stereocenters. The van der Waals surface area contributed by atoms with Gasteiger partial charge >= 0.3 is 0 Å². The number of aromatic nitrogens is 1. The molecule has 21 heavy (non-hydrogen) atoms. The van der Waals surface area contributed by atoms with Gasteiger partial charge in [-0.3, -0.25) is 0 Å². The van der Waals surface area contributed by atoms with Crippen LogP contribution in [-0.4, -0.2) is 49.2 Å². The minimum absolute atomic E-state index is 0.247. The van der Waals surface area contributed by atoms with Crippen molar-refractivity contribution in [1.29, 1.82) is 0 Å². The lowest BCUT2D eigenvalue weighted by Crippen LogP contribution is -2.42. The van der Waals surface area contributed by atoms with Gasteiger partial charge in [0.2, 0.25) is 0 Å². The first-order chi connectivity index (χ1) is 10.1. The largest absolute Gasteiger partial charge is 0.356 e. The average molecular weight is 292 g/mol. The summed E-state index contributed by atoms with van der Waals surface area (Å²) in [6.45, 7) is 2.94. The third-order valence-electron chi connectivity index (χ3n) is 4.64. The Kier molecular flexibility index (Phi) is 4.40. The molecule has 1 saturated carbocycles. The quantitative estimate of drug-likeness (QED) is 0.899. The van der Waals surface area contributed by atoms with Gasteiger partial charge in [0.15, 0.2) is 0 Å². The smallest absolute Gasteiger partial charge is 0.141 e. The molecule has 1 aromatic rings. The van der Waals surface area contributed by atoms with Crippen molar-refractivity contribution in [1.82, 2.24) is 15.2 Å². The molecule has 116 valence electrons. The Balaban J connectivity index is 1.72. The van der Waals surface area contributed by atoms with E-state index in [0.29, 0.717) is 18.6 Å². The van der Waals surface area contributed by atoms with Gasteiger partial charge in [0.05, 0.1) is 6.20 Å². The predicted molar refractivity (Wildman–Crippen MR) is 83.0 cm³/mol. The molecule has 1 aliphatic heterocycles. The molecule has 2 heterocycles. The fourth-order valence-corrected chi connectivity index (χ4v) is 3.02. The highest BCUT2D eigenvalue weighted by Crippen LogP contribution is 2.25. The van der Waals surface area contributed by atoms with Gasteiger partial charge in [0.25, 0.3) is 0 Å². The van der Waals surface area contributed by atoms with Gasteiger partial charge in [-0.25, -0.2) is 9.37 Å². The summed E-state index contributed by atoms with van der Waals surface area (Å²) in [5.41, 5.74) is 0.975. The summed E-state index contributed by atoms with van der Waals surface area (Å²) < 4.78 is 13.5. The van der Waals surface area contributed by atoms with E-state index in [1.165, 1.54) is 19.0 Å². The second-order valence-corrected chi connectivity index (χ2v) is 6.44. The van der Waals surface area contributed by atoms with Crippen LogP contribution in [0.5, 0.6) is 0 Å². The Morgan fingerprint density at radius 3 is 2.71 bits per heavy atom. The van der Waals surface area contributed by atoms with E-state index < -0.39 is 0 Å². The zero-order chi connectivity index (χ0) is 14.8. The van der Waals surface area contributed by atoms with Gasteiger partial charge in [-0.1, -0.05) is 0 Å². The zero-order valence-electron chi connectivity index (χ0n) is 13.0. The lowest BCUT2D eigenvalue weighted by atomic mass is 10.0. The zero-order valence-corrected chi connectivity index (χ0v) is 13.0. The number of rotatable bonds is 5. The van der Waals surface area contributed by atoms with E-state index in [0.717, 1.165) is 37.3 Å². The average Bonchev–Trinajstić information content (AvgIpc) is 3.29. The molecule has 0 bridgehead atoms. The topological polar surface area (TPSA) is 31.4 Å². The van der Waals surface area contributed by atoms with E-state index in [-0.39, 0.29) is 5.82 Å². The highest BCUT2D eigenvalue weighted by Gasteiger charge is 2.25. The molecule has 0 spiro atoms. The van der Waals surface area contributed by atoms with Crippen molar-refractivity contribution in [2.45, 2.75) is 44.3 Å². The van der Waals surface area contributed by atoms with Gasteiger partial charge in [-0.15, -0.1) is 0 Å². The molecule has 4 nitrogen and oxygen atoms in total. The maximum Gasteiger partial charge on any atom is 0.141 e. The number of hydrogen-bond acceptors (Lipinski definition) is 4. The van der Waals surface area contributed by atoms with Gasteiger partial charge in [-0.05, 0) is 51.9 Å². The number of anilines is 1. The van der Waals surface area contributed by atoms with Gasteiger partial charge in [0, 0.05) is 31.2 Å². The van der Waals surface area contributed by atoms with Gasteiger partial charge in [-0.2, -0.15) is 0 Å². The second-order valence-electron chi connectivity index (χ2n) is 6.44. The van der Waals surface area contributed by atoms with Gasteiger partial charge in [0.1, 0.15) is 11.6 Å². The number of nitrogens with zero attached hydrogens (tertiary/aromatic N) is 3. The normalized spacial score (nSPS) is 20.7. The lowest BCUT2D eigenvalue weighted by Gasteiger charge is -2.36. The van der Waals surface area contributed by atoms with Crippen LogP contribution >= 0.6 is 0 Å². The molecule has 1 saturated heterocycles. The molecule has 0 atom stereocenters. The van der Waals surface area contributed by atoms with Crippen molar-refractivity contribution in [2.75, 3.05) is 32.1 Å². The molecular weight excluding hydrogens is 267 g/mol. The lowest BCUT2D eigenvalue weighted by molar-refractivity contribution is 0.252. The van der Waals surface area contributed by atoms with Crippen molar-refractivity contribution in [3.05, 3.63) is 23.6 Å². The molecule has 1 aliphatic carbocycles. The van der Waals surface area contributed by atoms with Gasteiger partial charge < -0.3 is 15.1 Å². The summed E-state index contributed by atoms with van der Waals surface area (Å²) >= 11 is 0. The van der Waals surface area contributed by atoms with Crippen LogP contribution in [0.15, 0.2) is 12.3 Å². The summed E-state index contributed by atoms with van der Waals surface area (Å²) in [6.07, 6.45) is 6.09. The molecule has 2 aliphatic rings. The molecule has 1 aromatic heterocycles. The summed E-state index contributed by atoms with van der Waals surface area (Å²) in [4.78, 5) is 8.97. The molecule has 0 aromatic carbocycles. The molecule has 3 rings (SSSR count). The van der Waals surface area contributed by atoms with Crippen LogP contribution in [0.25, 0.3) is 0 Å². The SMILES string of the molecule is CN1CCC(N(C)c2ncc(F)cc2CNC2CC2)CC1. The monoisotopic (exact) mass is 292 g/mol. The fourth-order valence-electron chi connectivity index (χ4n) is 3.02. The Morgan fingerprint density at radius 2 is 2.05 bits per heavy atom. The maximum atomic E-state index is 13.5. The molecular formula is C16H25FN4. The number of halogens is 1. The van der Waals surface area contributed by atoms with Crippen LogP contribution in [0.3, 0.4) is 0 Å². The maximum absolute atomic E-state index is 13.5. The molecule has 1 N–H and O–H groups in total. The first kappa shape index (κ1) is 14.7. The number of hydrogen-bond donors (Lipinski definition) is 1. The van der Waals surface area contributed by atoms with E-state index in [2.05, 4.69) is 34.2 Å². The van der Waals surface area contributed by atoms with Crippen LogP contribution in [0.2, 0.25) is 0 Å². The van der Waals surface area contributed by atoms with E-state index in [9.17, 15) is 4.39 Å². The van der Waals surface area contributed by atoms with Crippen LogP contribution in [-0.2, 0) is 6.54 Å². The summed E-state index contributed by atoms with van der Waals surface area (Å²) in [6, 6.07) is 2.75. The first-order valence-electron chi connectivity index (χ1n) is 7.92. The van der Waals surface area contributed by atoms with E-state index in [1.807, 2.05) is 0 Å². The molecule has 5 heteroatoms. The summed E-state index contributed by atoms with van der Waals surface area (Å²) in [5, 5.41) is 3.46. The Hall–Kier alpha value is -1.20. The summed E-state index contributed by atoms with van der Waals surface area (Å²) in [5.74, 6) is 0.683. The number of likely N-dealkylation sites (tertiary alicyclic amines) is 1. The number of nitrogens with one attached hydrogen (secondary N) is 1. The Morgan fingerprint density at radius 1 is 1.33 bits per heavy atom. The summed E-state index contributed by atoms with van der Waals surface area (Å²) in [7, 11) is 4.26.